The Bertz CT molecular complexity index is 552. The van der Waals surface area contributed by atoms with Crippen molar-refractivity contribution in [2.45, 2.75) is 52.3 Å². The number of hydrogen-bond acceptors (Lipinski definition) is 4. The number of amides is 2. The highest BCUT2D eigenvalue weighted by molar-refractivity contribution is 5.86. The fraction of sp³-hybridized carbons (Fsp3) is 0.579. The van der Waals surface area contributed by atoms with Crippen molar-refractivity contribution in [3.8, 4) is 0 Å². The van der Waals surface area contributed by atoms with E-state index in [4.69, 9.17) is 9.47 Å². The second-order valence-electron chi connectivity index (χ2n) is 7.30. The Morgan fingerprint density at radius 3 is 2.16 bits per heavy atom. The number of ether oxygens (including phenoxy) is 2. The number of rotatable bonds is 7. The van der Waals surface area contributed by atoms with Gasteiger partial charge in [0, 0.05) is 7.11 Å². The average molecular weight is 350 g/mol. The molecule has 1 aromatic rings. The van der Waals surface area contributed by atoms with E-state index in [1.54, 1.807) is 27.9 Å². The molecule has 0 aromatic heterocycles. The first kappa shape index (κ1) is 21.0. The van der Waals surface area contributed by atoms with Gasteiger partial charge in [0.05, 0.1) is 12.6 Å². The molecule has 1 aromatic carbocycles. The molecule has 0 aliphatic rings. The summed E-state index contributed by atoms with van der Waals surface area (Å²) in [4.78, 5) is 24.7. The Kier molecular flexibility index (Phi) is 7.90. The first-order chi connectivity index (χ1) is 11.6. The van der Waals surface area contributed by atoms with E-state index in [0.29, 0.717) is 6.61 Å². The minimum Gasteiger partial charge on any atom is -0.444 e. The summed E-state index contributed by atoms with van der Waals surface area (Å²) in [5.41, 5.74) is 0.322. The maximum atomic E-state index is 12.7. The summed E-state index contributed by atoms with van der Waals surface area (Å²) >= 11 is 0. The summed E-state index contributed by atoms with van der Waals surface area (Å²) < 4.78 is 10.5. The number of carbonyl (C=O) groups is 2. The maximum Gasteiger partial charge on any atom is 0.408 e. The third-order valence-electron chi connectivity index (χ3n) is 3.47. The van der Waals surface area contributed by atoms with Gasteiger partial charge in [-0.25, -0.2) is 4.79 Å². The highest BCUT2D eigenvalue weighted by Gasteiger charge is 2.28. The smallest absolute Gasteiger partial charge is 0.408 e. The van der Waals surface area contributed by atoms with Crippen LogP contribution in [-0.2, 0) is 14.3 Å². The van der Waals surface area contributed by atoms with E-state index >= 15 is 0 Å². The van der Waals surface area contributed by atoms with Crippen LogP contribution in [0.1, 0.15) is 46.2 Å². The molecule has 1 rings (SSSR count). The van der Waals surface area contributed by atoms with Gasteiger partial charge in [0.1, 0.15) is 11.6 Å². The summed E-state index contributed by atoms with van der Waals surface area (Å²) in [6.07, 6.45) is -0.607. The van der Waals surface area contributed by atoms with Crippen molar-refractivity contribution < 1.29 is 19.1 Å². The third-order valence-corrected chi connectivity index (χ3v) is 3.47. The standard InChI is InChI=1S/C19H30N2O4/c1-13(2)16(21-18(23)25-19(3,4)5)17(22)20-15(12-24-6)14-10-8-7-9-11-14/h7-11,13,15-16H,12H2,1-6H3,(H,20,22)(H,21,23)/t15?,16-/m0/s1. The molecule has 2 N–H and O–H groups in total. The van der Waals surface area contributed by atoms with Crippen molar-refractivity contribution in [3.63, 3.8) is 0 Å². The van der Waals surface area contributed by atoms with Gasteiger partial charge < -0.3 is 20.1 Å². The molecular formula is C19H30N2O4. The molecule has 0 saturated carbocycles. The van der Waals surface area contributed by atoms with E-state index in [9.17, 15) is 9.59 Å². The van der Waals surface area contributed by atoms with Gasteiger partial charge in [0.25, 0.3) is 0 Å². The monoisotopic (exact) mass is 350 g/mol. The zero-order valence-corrected chi connectivity index (χ0v) is 16.0. The molecule has 0 bridgehead atoms. The Morgan fingerprint density at radius 2 is 1.68 bits per heavy atom. The lowest BCUT2D eigenvalue weighted by Gasteiger charge is -2.27. The quantitative estimate of drug-likeness (QED) is 0.792. The first-order valence-electron chi connectivity index (χ1n) is 8.48. The van der Waals surface area contributed by atoms with Gasteiger partial charge in [-0.15, -0.1) is 0 Å². The molecular weight excluding hydrogens is 320 g/mol. The topological polar surface area (TPSA) is 76.7 Å². The maximum absolute atomic E-state index is 12.7. The summed E-state index contributed by atoms with van der Waals surface area (Å²) in [6.45, 7) is 9.42. The van der Waals surface area contributed by atoms with Gasteiger partial charge in [-0.3, -0.25) is 4.79 Å². The summed E-state index contributed by atoms with van der Waals surface area (Å²) in [5.74, 6) is -0.363. The Balaban J connectivity index is 2.82. The molecule has 2 amide bonds. The second-order valence-corrected chi connectivity index (χ2v) is 7.30. The minimum atomic E-state index is -0.696. The van der Waals surface area contributed by atoms with Gasteiger partial charge in [0.2, 0.25) is 5.91 Å². The largest absolute Gasteiger partial charge is 0.444 e. The number of alkyl carbamates (subject to hydrolysis) is 1. The van der Waals surface area contributed by atoms with Crippen molar-refractivity contribution in [1.82, 2.24) is 10.6 Å². The molecule has 0 saturated heterocycles. The summed E-state index contributed by atoms with van der Waals surface area (Å²) in [7, 11) is 1.58. The van der Waals surface area contributed by atoms with Crippen molar-refractivity contribution in [2.24, 2.45) is 5.92 Å². The van der Waals surface area contributed by atoms with Crippen LogP contribution < -0.4 is 10.6 Å². The molecule has 140 valence electrons. The van der Waals surface area contributed by atoms with Crippen LogP contribution in [0.4, 0.5) is 4.79 Å². The summed E-state index contributed by atoms with van der Waals surface area (Å²) in [5, 5.41) is 5.61. The van der Waals surface area contributed by atoms with Crippen LogP contribution in [0.3, 0.4) is 0 Å². The SMILES string of the molecule is COCC(NC(=O)[C@@H](NC(=O)OC(C)(C)C)C(C)C)c1ccccc1. The highest BCUT2D eigenvalue weighted by Crippen LogP contribution is 2.14. The number of methoxy groups -OCH3 is 1. The van der Waals surface area contributed by atoms with Crippen LogP contribution in [-0.4, -0.2) is 37.4 Å². The molecule has 25 heavy (non-hydrogen) atoms. The average Bonchev–Trinajstić information content (AvgIpc) is 2.51. The van der Waals surface area contributed by atoms with Crippen molar-refractivity contribution in [1.29, 1.82) is 0 Å². The van der Waals surface area contributed by atoms with E-state index < -0.39 is 17.7 Å². The summed E-state index contributed by atoms with van der Waals surface area (Å²) in [6, 6.07) is 8.59. The fourth-order valence-electron chi connectivity index (χ4n) is 2.30. The van der Waals surface area contributed by atoms with Crippen molar-refractivity contribution in [3.05, 3.63) is 35.9 Å². The van der Waals surface area contributed by atoms with Gasteiger partial charge in [0.15, 0.2) is 0 Å². The lowest BCUT2D eigenvalue weighted by Crippen LogP contribution is -2.51. The molecule has 0 spiro atoms. The van der Waals surface area contributed by atoms with E-state index in [-0.39, 0.29) is 17.9 Å². The zero-order chi connectivity index (χ0) is 19.0. The zero-order valence-electron chi connectivity index (χ0n) is 16.0. The fourth-order valence-corrected chi connectivity index (χ4v) is 2.30. The van der Waals surface area contributed by atoms with Gasteiger partial charge >= 0.3 is 6.09 Å². The molecule has 0 aliphatic heterocycles. The van der Waals surface area contributed by atoms with Crippen LogP contribution in [0.25, 0.3) is 0 Å². The molecule has 0 fully saturated rings. The van der Waals surface area contributed by atoms with E-state index in [1.807, 2.05) is 44.2 Å². The molecule has 6 nitrogen and oxygen atoms in total. The lowest BCUT2D eigenvalue weighted by molar-refractivity contribution is -0.125. The number of carbonyl (C=O) groups excluding carboxylic acids is 2. The van der Waals surface area contributed by atoms with Crippen LogP contribution >= 0.6 is 0 Å². The minimum absolute atomic E-state index is 0.0912. The van der Waals surface area contributed by atoms with Crippen LogP contribution in [0.5, 0.6) is 0 Å². The van der Waals surface area contributed by atoms with E-state index in [0.717, 1.165) is 5.56 Å². The highest BCUT2D eigenvalue weighted by atomic mass is 16.6. The lowest BCUT2D eigenvalue weighted by atomic mass is 10.0. The van der Waals surface area contributed by atoms with Crippen LogP contribution in [0.15, 0.2) is 30.3 Å². The predicted octanol–water partition coefficient (Wildman–Crippen LogP) is 3.04. The van der Waals surface area contributed by atoms with Crippen molar-refractivity contribution >= 4 is 12.0 Å². The molecule has 6 heteroatoms. The third kappa shape index (κ3) is 7.56. The number of benzene rings is 1. The molecule has 0 radical (unpaired) electrons. The van der Waals surface area contributed by atoms with E-state index in [1.165, 1.54) is 0 Å². The van der Waals surface area contributed by atoms with Gasteiger partial charge in [-0.05, 0) is 32.3 Å². The van der Waals surface area contributed by atoms with Gasteiger partial charge in [-0.1, -0.05) is 44.2 Å². The Hall–Kier alpha value is -2.08. The first-order valence-corrected chi connectivity index (χ1v) is 8.48. The van der Waals surface area contributed by atoms with Gasteiger partial charge in [-0.2, -0.15) is 0 Å². The number of hydrogen-bond donors (Lipinski definition) is 2. The van der Waals surface area contributed by atoms with Crippen LogP contribution in [0, 0.1) is 5.92 Å². The molecule has 0 aliphatic carbocycles. The Labute approximate surface area is 150 Å². The normalized spacial score (nSPS) is 13.9. The van der Waals surface area contributed by atoms with Crippen LogP contribution in [0.2, 0.25) is 0 Å². The van der Waals surface area contributed by atoms with Crippen molar-refractivity contribution in [2.75, 3.05) is 13.7 Å². The Morgan fingerprint density at radius 1 is 1.08 bits per heavy atom. The predicted molar refractivity (Wildman–Crippen MR) is 97.2 cm³/mol. The molecule has 1 unspecified atom stereocenters. The number of nitrogens with one attached hydrogen (secondary N) is 2. The van der Waals surface area contributed by atoms with E-state index in [2.05, 4.69) is 10.6 Å². The molecule has 2 atom stereocenters. The molecule has 0 heterocycles. The second kappa shape index (κ2) is 9.42.